The molecule has 3 nitrogen and oxygen atoms in total. The minimum Gasteiger partial charge on any atom is -0.505 e. The number of rotatable bonds is 3. The Bertz CT molecular complexity index is 364. The van der Waals surface area contributed by atoms with Gasteiger partial charge in [0.25, 0.3) is 0 Å². The quantitative estimate of drug-likeness (QED) is 0.810. The second-order valence-electron chi connectivity index (χ2n) is 3.25. The number of aliphatic hydroxyl groups excluding tert-OH is 1. The van der Waals surface area contributed by atoms with Gasteiger partial charge in [0.15, 0.2) is 23.1 Å². The highest BCUT2D eigenvalue weighted by Gasteiger charge is 2.19. The van der Waals surface area contributed by atoms with Crippen LogP contribution in [0.5, 0.6) is 11.5 Å². The molecule has 0 saturated heterocycles. The topological polar surface area (TPSA) is 49.7 Å². The molecule has 2 N–H and O–H groups in total. The van der Waals surface area contributed by atoms with Crippen molar-refractivity contribution in [2.75, 3.05) is 7.11 Å². The molecule has 0 radical (unpaired) electrons. The van der Waals surface area contributed by atoms with Crippen LogP contribution in [0.2, 0.25) is 0 Å². The van der Waals surface area contributed by atoms with Crippen LogP contribution in [-0.4, -0.2) is 23.4 Å². The van der Waals surface area contributed by atoms with Gasteiger partial charge in [-0.3, -0.25) is 0 Å². The molecule has 0 aromatic heterocycles. The Morgan fingerprint density at radius 1 is 1.40 bits per heavy atom. The molecule has 15 heavy (non-hydrogen) atoms. The van der Waals surface area contributed by atoms with E-state index in [4.69, 9.17) is 9.84 Å². The van der Waals surface area contributed by atoms with Crippen molar-refractivity contribution in [2.24, 2.45) is 0 Å². The molecule has 0 fully saturated rings. The van der Waals surface area contributed by atoms with E-state index in [0.29, 0.717) is 6.07 Å². The number of hydrogen-bond donors (Lipinski definition) is 2. The summed E-state index contributed by atoms with van der Waals surface area (Å²) in [6, 6.07) is 0.541. The van der Waals surface area contributed by atoms with Crippen LogP contribution in [0, 0.1) is 11.6 Å². The molecular weight excluding hydrogens is 206 g/mol. The van der Waals surface area contributed by atoms with Crippen LogP contribution in [0.4, 0.5) is 8.78 Å². The van der Waals surface area contributed by atoms with E-state index in [1.54, 1.807) is 0 Å². The van der Waals surface area contributed by atoms with E-state index in [2.05, 4.69) is 0 Å². The van der Waals surface area contributed by atoms with Gasteiger partial charge < -0.3 is 14.9 Å². The number of hydrogen-bond acceptors (Lipinski definition) is 3. The van der Waals surface area contributed by atoms with Crippen molar-refractivity contribution in [3.63, 3.8) is 0 Å². The van der Waals surface area contributed by atoms with Gasteiger partial charge >= 0.3 is 0 Å². The van der Waals surface area contributed by atoms with Gasteiger partial charge in [-0.2, -0.15) is 0 Å². The first-order valence-electron chi connectivity index (χ1n) is 4.39. The molecule has 1 atom stereocenters. The normalized spacial score (nSPS) is 12.6. The predicted molar refractivity (Wildman–Crippen MR) is 50.0 cm³/mol. The zero-order valence-corrected chi connectivity index (χ0v) is 8.42. The van der Waals surface area contributed by atoms with Crippen molar-refractivity contribution >= 4 is 0 Å². The molecule has 0 saturated carbocycles. The van der Waals surface area contributed by atoms with Gasteiger partial charge in [-0.05, 0) is 6.92 Å². The summed E-state index contributed by atoms with van der Waals surface area (Å²) in [7, 11) is 1.21. The molecule has 1 rings (SSSR count). The molecule has 0 aliphatic heterocycles. The maximum atomic E-state index is 13.2. The Balaban J connectivity index is 3.30. The Labute approximate surface area is 85.9 Å². The largest absolute Gasteiger partial charge is 0.505 e. The highest BCUT2D eigenvalue weighted by molar-refractivity contribution is 5.46. The van der Waals surface area contributed by atoms with E-state index < -0.39 is 23.5 Å². The molecule has 1 unspecified atom stereocenters. The van der Waals surface area contributed by atoms with E-state index in [1.165, 1.54) is 14.0 Å². The second-order valence-corrected chi connectivity index (χ2v) is 3.25. The van der Waals surface area contributed by atoms with E-state index >= 15 is 0 Å². The summed E-state index contributed by atoms with van der Waals surface area (Å²) in [5, 5.41) is 18.5. The average molecular weight is 218 g/mol. The molecule has 0 heterocycles. The lowest BCUT2D eigenvalue weighted by atomic mass is 10.1. The first kappa shape index (κ1) is 11.7. The van der Waals surface area contributed by atoms with Crippen LogP contribution in [0.3, 0.4) is 0 Å². The lowest BCUT2D eigenvalue weighted by Crippen LogP contribution is -2.08. The Kier molecular flexibility index (Phi) is 3.47. The SMILES string of the molecule is COc1c(F)cc(F)c(O)c1CC(C)O. The lowest BCUT2D eigenvalue weighted by Gasteiger charge is -2.13. The molecule has 1 aromatic carbocycles. The predicted octanol–water partition coefficient (Wildman–Crippen LogP) is 1.60. The minimum atomic E-state index is -1.07. The Hall–Kier alpha value is -1.36. The van der Waals surface area contributed by atoms with E-state index in [0.717, 1.165) is 0 Å². The summed E-state index contributed by atoms with van der Waals surface area (Å²) in [6.07, 6.45) is -0.907. The molecule has 84 valence electrons. The number of aromatic hydroxyl groups is 1. The molecule has 1 aromatic rings. The average Bonchev–Trinajstić information content (AvgIpc) is 2.13. The lowest BCUT2D eigenvalue weighted by molar-refractivity contribution is 0.192. The van der Waals surface area contributed by atoms with Crippen LogP contribution in [0.15, 0.2) is 6.07 Å². The molecule has 5 heteroatoms. The van der Waals surface area contributed by atoms with Crippen LogP contribution >= 0.6 is 0 Å². The standard InChI is InChI=1S/C10H12F2O3/c1-5(13)3-6-9(14)7(11)4-8(12)10(6)15-2/h4-5,13-14H,3H2,1-2H3. The summed E-state index contributed by atoms with van der Waals surface area (Å²) < 4.78 is 30.9. The number of benzene rings is 1. The van der Waals surface area contributed by atoms with Crippen molar-refractivity contribution in [3.8, 4) is 11.5 Å². The van der Waals surface area contributed by atoms with E-state index in [1.807, 2.05) is 0 Å². The fraction of sp³-hybridized carbons (Fsp3) is 0.400. The smallest absolute Gasteiger partial charge is 0.168 e. The third kappa shape index (κ3) is 2.36. The molecule has 0 aliphatic carbocycles. The first-order valence-corrected chi connectivity index (χ1v) is 4.39. The summed E-state index contributed by atoms with van der Waals surface area (Å²) in [5.41, 5.74) is -0.0648. The zero-order valence-electron chi connectivity index (χ0n) is 8.42. The maximum absolute atomic E-state index is 13.2. The Morgan fingerprint density at radius 2 is 2.00 bits per heavy atom. The van der Waals surface area contributed by atoms with Gasteiger partial charge in [-0.1, -0.05) is 0 Å². The number of phenols is 1. The Morgan fingerprint density at radius 3 is 2.47 bits per heavy atom. The van der Waals surface area contributed by atoms with E-state index in [-0.39, 0.29) is 17.7 Å². The third-order valence-electron chi connectivity index (χ3n) is 1.96. The first-order chi connectivity index (χ1) is 6.97. The molecule has 0 aliphatic rings. The van der Waals surface area contributed by atoms with Crippen molar-refractivity contribution < 1.29 is 23.7 Å². The number of phenolic OH excluding ortho intramolecular Hbond substituents is 1. The fourth-order valence-corrected chi connectivity index (χ4v) is 1.35. The van der Waals surface area contributed by atoms with Gasteiger partial charge in [0.2, 0.25) is 0 Å². The monoisotopic (exact) mass is 218 g/mol. The highest BCUT2D eigenvalue weighted by atomic mass is 19.1. The van der Waals surface area contributed by atoms with Crippen LogP contribution < -0.4 is 4.74 Å². The van der Waals surface area contributed by atoms with Crippen LogP contribution in [-0.2, 0) is 6.42 Å². The maximum Gasteiger partial charge on any atom is 0.168 e. The summed E-state index contributed by atoms with van der Waals surface area (Å²) >= 11 is 0. The van der Waals surface area contributed by atoms with Gasteiger partial charge in [0.05, 0.1) is 13.2 Å². The molecule has 0 spiro atoms. The summed E-state index contributed by atoms with van der Waals surface area (Å²) in [4.78, 5) is 0. The molecule has 0 bridgehead atoms. The highest BCUT2D eigenvalue weighted by Crippen LogP contribution is 2.33. The fourth-order valence-electron chi connectivity index (χ4n) is 1.35. The van der Waals surface area contributed by atoms with Crippen molar-refractivity contribution in [1.29, 1.82) is 0 Å². The molecule has 0 amide bonds. The molecular formula is C10H12F2O3. The van der Waals surface area contributed by atoms with Crippen molar-refractivity contribution in [2.45, 2.75) is 19.4 Å². The third-order valence-corrected chi connectivity index (χ3v) is 1.96. The van der Waals surface area contributed by atoms with Gasteiger partial charge in [-0.25, -0.2) is 8.78 Å². The van der Waals surface area contributed by atoms with Gasteiger partial charge in [0.1, 0.15) is 0 Å². The van der Waals surface area contributed by atoms with Gasteiger partial charge in [0, 0.05) is 18.1 Å². The van der Waals surface area contributed by atoms with Crippen LogP contribution in [0.1, 0.15) is 12.5 Å². The minimum absolute atomic E-state index is 0.0648. The second kappa shape index (κ2) is 4.44. The van der Waals surface area contributed by atoms with Gasteiger partial charge in [-0.15, -0.1) is 0 Å². The van der Waals surface area contributed by atoms with Crippen molar-refractivity contribution in [1.82, 2.24) is 0 Å². The zero-order chi connectivity index (χ0) is 11.6. The number of aliphatic hydroxyl groups is 1. The summed E-state index contributed by atoms with van der Waals surface area (Å²) in [6.45, 7) is 1.45. The number of methoxy groups -OCH3 is 1. The summed E-state index contributed by atoms with van der Waals surface area (Å²) in [5.74, 6) is -2.89. The number of ether oxygens (including phenoxy) is 1. The van der Waals surface area contributed by atoms with Crippen molar-refractivity contribution in [3.05, 3.63) is 23.3 Å². The van der Waals surface area contributed by atoms with Crippen LogP contribution in [0.25, 0.3) is 0 Å². The number of halogens is 2. The van der Waals surface area contributed by atoms with E-state index in [9.17, 15) is 13.9 Å².